The molecule has 2 aliphatic heterocycles. The van der Waals surface area contributed by atoms with E-state index in [9.17, 15) is 13.2 Å². The summed E-state index contributed by atoms with van der Waals surface area (Å²) in [5, 5.41) is 5.00. The van der Waals surface area contributed by atoms with Gasteiger partial charge < -0.3 is 10.1 Å². The Kier molecular flexibility index (Phi) is 8.19. The van der Waals surface area contributed by atoms with E-state index >= 15 is 0 Å². The number of rotatable bonds is 9. The number of sulfonamides is 1. The van der Waals surface area contributed by atoms with Crippen molar-refractivity contribution in [3.8, 4) is 0 Å². The number of piperidine rings is 1. The van der Waals surface area contributed by atoms with Crippen molar-refractivity contribution in [3.05, 3.63) is 46.2 Å². The fourth-order valence-corrected chi connectivity index (χ4v) is 6.72. The molecule has 0 radical (unpaired) electrons. The molecule has 2 aliphatic rings. The quantitative estimate of drug-likeness (QED) is 0.576. The van der Waals surface area contributed by atoms with Gasteiger partial charge in [-0.2, -0.15) is 4.31 Å². The fourth-order valence-electron chi connectivity index (χ4n) is 4.43. The van der Waals surface area contributed by atoms with Gasteiger partial charge in [0.15, 0.2) is 0 Å². The zero-order valence-corrected chi connectivity index (χ0v) is 20.8. The van der Waals surface area contributed by atoms with Crippen LogP contribution in [0.5, 0.6) is 0 Å². The predicted molar refractivity (Wildman–Crippen MR) is 131 cm³/mol. The van der Waals surface area contributed by atoms with Crippen molar-refractivity contribution in [2.45, 2.75) is 56.6 Å². The molecule has 4 rings (SSSR count). The van der Waals surface area contributed by atoms with Crippen molar-refractivity contribution < 1.29 is 17.9 Å². The van der Waals surface area contributed by atoms with Gasteiger partial charge in [-0.25, -0.2) is 8.42 Å². The van der Waals surface area contributed by atoms with Gasteiger partial charge in [0.2, 0.25) is 15.9 Å². The maximum absolute atomic E-state index is 13.1. The Morgan fingerprint density at radius 2 is 2.03 bits per heavy atom. The van der Waals surface area contributed by atoms with Gasteiger partial charge in [-0.1, -0.05) is 18.6 Å². The zero-order chi connectivity index (χ0) is 23.3. The summed E-state index contributed by atoms with van der Waals surface area (Å²) in [6.45, 7) is 5.38. The van der Waals surface area contributed by atoms with E-state index in [0.29, 0.717) is 31.9 Å². The highest BCUT2D eigenvalue weighted by molar-refractivity contribution is 7.89. The third kappa shape index (κ3) is 6.42. The molecule has 1 amide bonds. The van der Waals surface area contributed by atoms with E-state index in [4.69, 9.17) is 4.74 Å². The van der Waals surface area contributed by atoms with Crippen molar-refractivity contribution in [1.29, 1.82) is 0 Å². The van der Waals surface area contributed by atoms with Gasteiger partial charge in [0.1, 0.15) is 0 Å². The molecule has 3 heterocycles. The first-order chi connectivity index (χ1) is 15.9. The molecule has 0 bridgehead atoms. The minimum absolute atomic E-state index is 0.150. The minimum atomic E-state index is -3.55. The molecule has 7 nitrogen and oxygen atoms in total. The Bertz CT molecular complexity index is 1030. The average Bonchev–Trinajstić information content (AvgIpc) is 3.50. The summed E-state index contributed by atoms with van der Waals surface area (Å²) in [6, 6.07) is 9.09. The number of carbonyl (C=O) groups excluding carboxylic acids is 1. The molecular formula is C24H33N3O4S2. The third-order valence-electron chi connectivity index (χ3n) is 6.25. The van der Waals surface area contributed by atoms with Gasteiger partial charge in [0.25, 0.3) is 0 Å². The SMILES string of the molecule is Cc1ccc(S(=O)(=O)N2CCCCC2)cc1NC(=O)CN(Cc1cccs1)CC1CCCO1. The Hall–Kier alpha value is -1.78. The van der Waals surface area contributed by atoms with Crippen molar-refractivity contribution in [2.24, 2.45) is 0 Å². The van der Waals surface area contributed by atoms with E-state index in [0.717, 1.165) is 44.3 Å². The minimum Gasteiger partial charge on any atom is -0.377 e. The van der Waals surface area contributed by atoms with Crippen LogP contribution in [0.3, 0.4) is 0 Å². The molecule has 0 aliphatic carbocycles. The lowest BCUT2D eigenvalue weighted by Crippen LogP contribution is -2.38. The molecule has 0 saturated carbocycles. The normalized spacial score (nSPS) is 19.8. The first-order valence-corrected chi connectivity index (χ1v) is 14.0. The van der Waals surface area contributed by atoms with Crippen LogP contribution < -0.4 is 5.32 Å². The molecular weight excluding hydrogens is 458 g/mol. The molecule has 1 unspecified atom stereocenters. The van der Waals surface area contributed by atoms with Gasteiger partial charge in [0, 0.05) is 43.4 Å². The van der Waals surface area contributed by atoms with Crippen LogP contribution in [0.2, 0.25) is 0 Å². The molecule has 33 heavy (non-hydrogen) atoms. The molecule has 1 N–H and O–H groups in total. The van der Waals surface area contributed by atoms with E-state index in [-0.39, 0.29) is 23.5 Å². The van der Waals surface area contributed by atoms with Gasteiger partial charge in [-0.15, -0.1) is 11.3 Å². The summed E-state index contributed by atoms with van der Waals surface area (Å²) in [6.07, 6.45) is 5.06. The summed E-state index contributed by atoms with van der Waals surface area (Å²) in [7, 11) is -3.55. The summed E-state index contributed by atoms with van der Waals surface area (Å²) < 4.78 is 33.5. The van der Waals surface area contributed by atoms with Crippen molar-refractivity contribution in [1.82, 2.24) is 9.21 Å². The number of ether oxygens (including phenoxy) is 1. The second kappa shape index (κ2) is 11.1. The summed E-state index contributed by atoms with van der Waals surface area (Å²) in [5.41, 5.74) is 1.39. The van der Waals surface area contributed by atoms with Crippen molar-refractivity contribution in [3.63, 3.8) is 0 Å². The lowest BCUT2D eigenvalue weighted by molar-refractivity contribution is -0.117. The van der Waals surface area contributed by atoms with Crippen LogP contribution in [0, 0.1) is 6.92 Å². The number of thiophene rings is 1. The molecule has 1 aromatic carbocycles. The van der Waals surface area contributed by atoms with Crippen LogP contribution in [-0.4, -0.2) is 62.4 Å². The monoisotopic (exact) mass is 491 g/mol. The maximum Gasteiger partial charge on any atom is 0.243 e. The van der Waals surface area contributed by atoms with Gasteiger partial charge in [-0.3, -0.25) is 9.69 Å². The Balaban J connectivity index is 1.45. The highest BCUT2D eigenvalue weighted by atomic mass is 32.2. The van der Waals surface area contributed by atoms with Crippen molar-refractivity contribution in [2.75, 3.05) is 38.1 Å². The molecule has 180 valence electrons. The predicted octanol–water partition coefficient (Wildman–Crippen LogP) is 3.85. The van der Waals surface area contributed by atoms with E-state index in [1.807, 2.05) is 18.4 Å². The number of nitrogens with one attached hydrogen (secondary N) is 1. The lowest BCUT2D eigenvalue weighted by Gasteiger charge is -2.26. The van der Waals surface area contributed by atoms with Crippen LogP contribution in [0.4, 0.5) is 5.69 Å². The largest absolute Gasteiger partial charge is 0.377 e. The second-order valence-corrected chi connectivity index (χ2v) is 11.8. The number of amides is 1. The van der Waals surface area contributed by atoms with Crippen molar-refractivity contribution >= 4 is 33.0 Å². The lowest BCUT2D eigenvalue weighted by atomic mass is 10.2. The topological polar surface area (TPSA) is 79.0 Å². The Labute approximate surface area is 200 Å². The number of benzene rings is 1. The van der Waals surface area contributed by atoms with Crippen LogP contribution >= 0.6 is 11.3 Å². The molecule has 2 aromatic rings. The maximum atomic E-state index is 13.1. The van der Waals surface area contributed by atoms with E-state index < -0.39 is 10.0 Å². The van der Waals surface area contributed by atoms with Gasteiger partial charge in [0.05, 0.1) is 17.5 Å². The smallest absolute Gasteiger partial charge is 0.243 e. The number of aryl methyl sites for hydroxylation is 1. The molecule has 0 spiro atoms. The van der Waals surface area contributed by atoms with Gasteiger partial charge >= 0.3 is 0 Å². The van der Waals surface area contributed by atoms with Crippen LogP contribution in [0.15, 0.2) is 40.6 Å². The molecule has 1 aromatic heterocycles. The highest BCUT2D eigenvalue weighted by Crippen LogP contribution is 2.25. The number of anilines is 1. The van der Waals surface area contributed by atoms with E-state index in [1.54, 1.807) is 33.8 Å². The first-order valence-electron chi connectivity index (χ1n) is 11.7. The Morgan fingerprint density at radius 3 is 2.73 bits per heavy atom. The van der Waals surface area contributed by atoms with Crippen LogP contribution in [-0.2, 0) is 26.1 Å². The second-order valence-electron chi connectivity index (χ2n) is 8.87. The number of carbonyl (C=O) groups is 1. The molecule has 2 fully saturated rings. The van der Waals surface area contributed by atoms with E-state index in [1.165, 1.54) is 4.88 Å². The Morgan fingerprint density at radius 1 is 1.21 bits per heavy atom. The van der Waals surface area contributed by atoms with Gasteiger partial charge in [-0.05, 0) is 61.7 Å². The fraction of sp³-hybridized carbons (Fsp3) is 0.542. The molecule has 2 saturated heterocycles. The highest BCUT2D eigenvalue weighted by Gasteiger charge is 2.27. The summed E-state index contributed by atoms with van der Waals surface area (Å²) in [5.74, 6) is -0.153. The first kappa shape index (κ1) is 24.3. The molecule has 1 atom stereocenters. The number of nitrogens with zero attached hydrogens (tertiary/aromatic N) is 2. The number of hydrogen-bond donors (Lipinski definition) is 1. The average molecular weight is 492 g/mol. The van der Waals surface area contributed by atoms with E-state index in [2.05, 4.69) is 16.3 Å². The standard InChI is InChI=1S/C24H33N3O4S2/c1-19-9-10-22(33(29,30)27-11-3-2-4-12-27)15-23(19)25-24(28)18-26(16-20-7-5-13-31-20)17-21-8-6-14-32-21/h6,8-10,14-15,20H,2-5,7,11-13,16-18H2,1H3,(H,25,28). The third-order valence-corrected chi connectivity index (χ3v) is 9.00. The number of hydrogen-bond acceptors (Lipinski definition) is 6. The van der Waals surface area contributed by atoms with Crippen LogP contribution in [0.1, 0.15) is 42.5 Å². The zero-order valence-electron chi connectivity index (χ0n) is 19.2. The van der Waals surface area contributed by atoms with Crippen LogP contribution in [0.25, 0.3) is 0 Å². The molecule has 9 heteroatoms. The summed E-state index contributed by atoms with van der Waals surface area (Å²) >= 11 is 1.68. The summed E-state index contributed by atoms with van der Waals surface area (Å²) in [4.78, 5) is 16.5.